The van der Waals surface area contributed by atoms with Crippen LogP contribution >= 0.6 is 0 Å². The molecule has 7 nitrogen and oxygen atoms in total. The van der Waals surface area contributed by atoms with Gasteiger partial charge in [-0.25, -0.2) is 4.79 Å². The van der Waals surface area contributed by atoms with Crippen molar-refractivity contribution >= 4 is 11.9 Å². The predicted octanol–water partition coefficient (Wildman–Crippen LogP) is 3.06. The van der Waals surface area contributed by atoms with E-state index in [4.69, 9.17) is 4.74 Å². The van der Waals surface area contributed by atoms with Crippen LogP contribution in [0.3, 0.4) is 0 Å². The van der Waals surface area contributed by atoms with Gasteiger partial charge in [0.25, 0.3) is 0 Å². The molecule has 2 aliphatic heterocycles. The molecule has 0 radical (unpaired) electrons. The van der Waals surface area contributed by atoms with Gasteiger partial charge in [-0.3, -0.25) is 4.79 Å². The summed E-state index contributed by atoms with van der Waals surface area (Å²) >= 11 is 0. The number of methoxy groups -OCH3 is 1. The summed E-state index contributed by atoms with van der Waals surface area (Å²) in [4.78, 5) is 31.7. The predicted molar refractivity (Wildman–Crippen MR) is 133 cm³/mol. The Hall–Kier alpha value is -3.06. The summed E-state index contributed by atoms with van der Waals surface area (Å²) in [6.45, 7) is 7.79. The molecule has 0 aliphatic carbocycles. The minimum Gasteiger partial charge on any atom is -0.497 e. The fourth-order valence-corrected chi connectivity index (χ4v) is 4.77. The topological polar surface area (TPSA) is 65.1 Å². The van der Waals surface area contributed by atoms with Crippen LogP contribution < -0.4 is 10.1 Å². The van der Waals surface area contributed by atoms with Gasteiger partial charge in [0.1, 0.15) is 5.75 Å². The van der Waals surface area contributed by atoms with E-state index >= 15 is 0 Å². The standard InChI is InChI=1S/C27H36N4O3/c1-21-3-5-23(6-4-21)20-31(26(32)19-22-7-9-25(34-2)10-8-22)24-11-14-29(15-12-24)17-18-30-16-13-28-27(30)33/h3-10,24H,11-20H2,1-2H3,(H,28,33). The third-order valence-electron chi connectivity index (χ3n) is 6.94. The lowest BCUT2D eigenvalue weighted by Gasteiger charge is -2.39. The van der Waals surface area contributed by atoms with Crippen molar-refractivity contribution in [2.75, 3.05) is 46.4 Å². The monoisotopic (exact) mass is 464 g/mol. The van der Waals surface area contributed by atoms with Gasteiger partial charge in [0.2, 0.25) is 5.91 Å². The molecule has 0 unspecified atom stereocenters. The molecule has 1 N–H and O–H groups in total. The second-order valence-electron chi connectivity index (χ2n) is 9.32. The second-order valence-corrected chi connectivity index (χ2v) is 9.32. The molecular weight excluding hydrogens is 428 g/mol. The maximum atomic E-state index is 13.5. The van der Waals surface area contributed by atoms with E-state index in [2.05, 4.69) is 46.3 Å². The van der Waals surface area contributed by atoms with E-state index in [9.17, 15) is 9.59 Å². The van der Waals surface area contributed by atoms with Crippen LogP contribution in [0.25, 0.3) is 0 Å². The number of ether oxygens (including phenoxy) is 1. The van der Waals surface area contributed by atoms with Gasteiger partial charge in [-0.05, 0) is 43.0 Å². The van der Waals surface area contributed by atoms with E-state index in [1.807, 2.05) is 29.2 Å². The third-order valence-corrected chi connectivity index (χ3v) is 6.94. The van der Waals surface area contributed by atoms with E-state index in [0.29, 0.717) is 13.0 Å². The zero-order valence-electron chi connectivity index (χ0n) is 20.3. The van der Waals surface area contributed by atoms with Gasteiger partial charge in [0.05, 0.1) is 13.5 Å². The van der Waals surface area contributed by atoms with Gasteiger partial charge in [0.15, 0.2) is 0 Å². The molecule has 2 aromatic carbocycles. The number of hydrogen-bond donors (Lipinski definition) is 1. The highest BCUT2D eigenvalue weighted by atomic mass is 16.5. The highest BCUT2D eigenvalue weighted by Gasteiger charge is 2.29. The van der Waals surface area contributed by atoms with Crippen molar-refractivity contribution in [2.45, 2.75) is 38.8 Å². The van der Waals surface area contributed by atoms with Crippen molar-refractivity contribution < 1.29 is 14.3 Å². The van der Waals surface area contributed by atoms with Crippen molar-refractivity contribution in [2.24, 2.45) is 0 Å². The first-order valence-electron chi connectivity index (χ1n) is 12.2. The lowest BCUT2D eigenvalue weighted by Crippen LogP contribution is -2.48. The average Bonchev–Trinajstić information content (AvgIpc) is 3.27. The van der Waals surface area contributed by atoms with Gasteiger partial charge in [-0.15, -0.1) is 0 Å². The fourth-order valence-electron chi connectivity index (χ4n) is 4.77. The molecule has 182 valence electrons. The number of carbonyl (C=O) groups excluding carboxylic acids is 2. The first-order chi connectivity index (χ1) is 16.5. The Morgan fingerprint density at radius 3 is 2.29 bits per heavy atom. The van der Waals surface area contributed by atoms with Crippen molar-refractivity contribution in [3.05, 3.63) is 65.2 Å². The molecule has 2 heterocycles. The number of amides is 3. The summed E-state index contributed by atoms with van der Waals surface area (Å²) < 4.78 is 5.25. The van der Waals surface area contributed by atoms with Gasteiger partial charge in [0, 0.05) is 51.9 Å². The summed E-state index contributed by atoms with van der Waals surface area (Å²) in [5, 5.41) is 2.86. The number of hydrogen-bond acceptors (Lipinski definition) is 4. The Balaban J connectivity index is 1.38. The smallest absolute Gasteiger partial charge is 0.317 e. The molecule has 0 bridgehead atoms. The number of nitrogens with zero attached hydrogens (tertiary/aromatic N) is 3. The normalized spacial score (nSPS) is 17.0. The summed E-state index contributed by atoms with van der Waals surface area (Å²) in [6.07, 6.45) is 2.29. The number of carbonyl (C=O) groups is 2. The van der Waals surface area contributed by atoms with Crippen molar-refractivity contribution in [3.63, 3.8) is 0 Å². The van der Waals surface area contributed by atoms with E-state index in [1.54, 1.807) is 7.11 Å². The number of rotatable bonds is 9. The summed E-state index contributed by atoms with van der Waals surface area (Å²) in [7, 11) is 1.65. The Morgan fingerprint density at radius 2 is 1.68 bits per heavy atom. The number of urea groups is 1. The summed E-state index contributed by atoms with van der Waals surface area (Å²) in [6, 6.07) is 16.5. The molecule has 2 saturated heterocycles. The van der Waals surface area contributed by atoms with Crippen LogP contribution in [-0.2, 0) is 17.8 Å². The molecular formula is C27H36N4O3. The largest absolute Gasteiger partial charge is 0.497 e. The Labute approximate surface area is 202 Å². The molecule has 2 aliphatic rings. The number of likely N-dealkylation sites (tertiary alicyclic amines) is 1. The molecule has 0 atom stereocenters. The fraction of sp³-hybridized carbons (Fsp3) is 0.481. The van der Waals surface area contributed by atoms with E-state index in [-0.39, 0.29) is 18.0 Å². The summed E-state index contributed by atoms with van der Waals surface area (Å²) in [5.74, 6) is 0.962. The van der Waals surface area contributed by atoms with E-state index in [0.717, 1.165) is 69.0 Å². The maximum absolute atomic E-state index is 13.5. The summed E-state index contributed by atoms with van der Waals surface area (Å²) in [5.41, 5.74) is 3.39. The van der Waals surface area contributed by atoms with Crippen LogP contribution in [0.4, 0.5) is 4.79 Å². The van der Waals surface area contributed by atoms with E-state index in [1.165, 1.54) is 5.56 Å². The SMILES string of the molecule is COc1ccc(CC(=O)N(Cc2ccc(C)cc2)C2CCN(CCN3CCNC3=O)CC2)cc1. The first kappa shape index (κ1) is 24.1. The van der Waals surface area contributed by atoms with Gasteiger partial charge < -0.3 is 24.8 Å². The molecule has 0 aromatic heterocycles. The van der Waals surface area contributed by atoms with Gasteiger partial charge in [-0.2, -0.15) is 0 Å². The highest BCUT2D eigenvalue weighted by molar-refractivity contribution is 5.79. The minimum absolute atomic E-state index is 0.0447. The van der Waals surface area contributed by atoms with Crippen molar-refractivity contribution in [1.82, 2.24) is 20.0 Å². The Kier molecular flexibility index (Phi) is 8.06. The average molecular weight is 465 g/mol. The quantitative estimate of drug-likeness (QED) is 0.620. The number of aryl methyl sites for hydroxylation is 1. The number of nitrogens with one attached hydrogen (secondary N) is 1. The molecule has 0 saturated carbocycles. The minimum atomic E-state index is 0.0447. The molecule has 3 amide bonds. The van der Waals surface area contributed by atoms with Crippen LogP contribution in [0.1, 0.15) is 29.5 Å². The molecule has 4 rings (SSSR count). The van der Waals surface area contributed by atoms with Gasteiger partial charge in [-0.1, -0.05) is 42.0 Å². The van der Waals surface area contributed by atoms with Crippen LogP contribution in [0, 0.1) is 6.92 Å². The zero-order valence-corrected chi connectivity index (χ0v) is 20.3. The first-order valence-corrected chi connectivity index (χ1v) is 12.2. The van der Waals surface area contributed by atoms with Crippen LogP contribution in [0.15, 0.2) is 48.5 Å². The Morgan fingerprint density at radius 1 is 1.00 bits per heavy atom. The number of piperidine rings is 1. The molecule has 7 heteroatoms. The Bertz CT molecular complexity index is 953. The number of benzene rings is 2. The maximum Gasteiger partial charge on any atom is 0.317 e. The third kappa shape index (κ3) is 6.29. The lowest BCUT2D eigenvalue weighted by molar-refractivity contribution is -0.134. The molecule has 34 heavy (non-hydrogen) atoms. The lowest BCUT2D eigenvalue weighted by atomic mass is 10.0. The second kappa shape index (κ2) is 11.4. The zero-order chi connectivity index (χ0) is 23.9. The molecule has 2 fully saturated rings. The van der Waals surface area contributed by atoms with Crippen LogP contribution in [-0.4, -0.2) is 79.1 Å². The highest BCUT2D eigenvalue weighted by Crippen LogP contribution is 2.22. The molecule has 2 aromatic rings. The van der Waals surface area contributed by atoms with Crippen molar-refractivity contribution in [3.8, 4) is 5.75 Å². The van der Waals surface area contributed by atoms with Crippen LogP contribution in [0.5, 0.6) is 5.75 Å². The molecule has 0 spiro atoms. The van der Waals surface area contributed by atoms with Crippen LogP contribution in [0.2, 0.25) is 0 Å². The van der Waals surface area contributed by atoms with E-state index < -0.39 is 0 Å². The van der Waals surface area contributed by atoms with Crippen molar-refractivity contribution in [1.29, 1.82) is 0 Å². The van der Waals surface area contributed by atoms with Gasteiger partial charge >= 0.3 is 6.03 Å².